The van der Waals surface area contributed by atoms with Gasteiger partial charge in [-0.25, -0.2) is 4.98 Å². The molecule has 1 atom stereocenters. The minimum absolute atomic E-state index is 0.0422. The highest BCUT2D eigenvalue weighted by Gasteiger charge is 2.36. The Morgan fingerprint density at radius 3 is 2.63 bits per heavy atom. The average molecular weight is 372 g/mol. The van der Waals surface area contributed by atoms with E-state index in [1.807, 2.05) is 23.2 Å². The molecule has 3 aliphatic rings. The minimum atomic E-state index is -0.0953. The fourth-order valence-electron chi connectivity index (χ4n) is 3.81. The highest BCUT2D eigenvalue weighted by atomic mass is 16.5. The van der Waals surface area contributed by atoms with Gasteiger partial charge in [-0.3, -0.25) is 9.59 Å². The average Bonchev–Trinajstić information content (AvgIpc) is 3.58. The standard InChI is InChI=1S/C20H28N4O3/c25-19(17-2-1-7-24(14-17)20(26)16-4-5-16)22-13-15-3-6-18(21-12-15)23-8-10-27-11-9-23/h3,6,12,16-17H,1-2,4-5,7-11,13-14H2,(H,22,25)/t17-/m0/s1. The summed E-state index contributed by atoms with van der Waals surface area (Å²) in [7, 11) is 0. The molecule has 1 N–H and O–H groups in total. The molecule has 2 saturated heterocycles. The Morgan fingerprint density at radius 2 is 1.93 bits per heavy atom. The van der Waals surface area contributed by atoms with Gasteiger partial charge in [0.1, 0.15) is 5.82 Å². The zero-order valence-corrected chi connectivity index (χ0v) is 15.7. The third kappa shape index (κ3) is 4.58. The number of rotatable bonds is 5. The van der Waals surface area contributed by atoms with E-state index in [0.717, 1.165) is 69.9 Å². The highest BCUT2D eigenvalue weighted by molar-refractivity contribution is 5.83. The van der Waals surface area contributed by atoms with E-state index in [4.69, 9.17) is 4.74 Å². The fraction of sp³-hybridized carbons (Fsp3) is 0.650. The van der Waals surface area contributed by atoms with Crippen LogP contribution in [0.3, 0.4) is 0 Å². The van der Waals surface area contributed by atoms with Crippen LogP contribution in [0.25, 0.3) is 0 Å². The van der Waals surface area contributed by atoms with Gasteiger partial charge >= 0.3 is 0 Å². The largest absolute Gasteiger partial charge is 0.378 e. The Balaban J connectivity index is 1.26. The summed E-state index contributed by atoms with van der Waals surface area (Å²) in [6, 6.07) is 4.02. The maximum Gasteiger partial charge on any atom is 0.225 e. The van der Waals surface area contributed by atoms with E-state index in [1.165, 1.54) is 0 Å². The molecule has 3 fully saturated rings. The molecule has 0 aromatic carbocycles. The summed E-state index contributed by atoms with van der Waals surface area (Å²) in [6.45, 7) is 5.04. The number of pyridine rings is 1. The maximum atomic E-state index is 12.5. The van der Waals surface area contributed by atoms with Gasteiger partial charge < -0.3 is 19.9 Å². The molecule has 1 aliphatic carbocycles. The third-order valence-corrected chi connectivity index (χ3v) is 5.64. The molecule has 7 heteroatoms. The Bertz CT molecular complexity index is 668. The van der Waals surface area contributed by atoms with Crippen molar-refractivity contribution in [1.29, 1.82) is 0 Å². The van der Waals surface area contributed by atoms with Gasteiger partial charge in [0.05, 0.1) is 19.1 Å². The molecule has 0 spiro atoms. The summed E-state index contributed by atoms with van der Waals surface area (Å²) < 4.78 is 5.36. The van der Waals surface area contributed by atoms with E-state index < -0.39 is 0 Å². The van der Waals surface area contributed by atoms with Gasteiger partial charge in [0.15, 0.2) is 0 Å². The van der Waals surface area contributed by atoms with Crippen molar-refractivity contribution in [3.63, 3.8) is 0 Å². The summed E-state index contributed by atoms with van der Waals surface area (Å²) in [5.41, 5.74) is 0.988. The topological polar surface area (TPSA) is 74.8 Å². The number of likely N-dealkylation sites (tertiary alicyclic amines) is 1. The predicted octanol–water partition coefficient (Wildman–Crippen LogP) is 1.18. The summed E-state index contributed by atoms with van der Waals surface area (Å²) in [4.78, 5) is 33.4. The van der Waals surface area contributed by atoms with E-state index in [1.54, 1.807) is 0 Å². The van der Waals surface area contributed by atoms with Gasteiger partial charge in [0.25, 0.3) is 0 Å². The molecule has 2 amide bonds. The van der Waals surface area contributed by atoms with Crippen LogP contribution in [-0.2, 0) is 20.9 Å². The van der Waals surface area contributed by atoms with Gasteiger partial charge in [-0.2, -0.15) is 0 Å². The van der Waals surface area contributed by atoms with Crippen molar-refractivity contribution in [2.75, 3.05) is 44.3 Å². The second-order valence-corrected chi connectivity index (χ2v) is 7.74. The monoisotopic (exact) mass is 372 g/mol. The number of ether oxygens (including phenoxy) is 1. The number of nitrogens with zero attached hydrogens (tertiary/aromatic N) is 3. The number of hydrogen-bond donors (Lipinski definition) is 1. The summed E-state index contributed by atoms with van der Waals surface area (Å²) in [5, 5.41) is 3.02. The second-order valence-electron chi connectivity index (χ2n) is 7.74. The highest BCUT2D eigenvalue weighted by Crippen LogP contribution is 2.32. The van der Waals surface area contributed by atoms with Gasteiger partial charge in [-0.1, -0.05) is 6.07 Å². The molecule has 146 valence electrons. The molecule has 0 bridgehead atoms. The van der Waals surface area contributed by atoms with Crippen molar-refractivity contribution in [2.24, 2.45) is 11.8 Å². The fourth-order valence-corrected chi connectivity index (χ4v) is 3.81. The van der Waals surface area contributed by atoms with Crippen LogP contribution >= 0.6 is 0 Å². The SMILES string of the molecule is O=C(NCc1ccc(N2CCOCC2)nc1)[C@H]1CCCN(C(=O)C2CC2)C1. The molecule has 1 aromatic heterocycles. The summed E-state index contributed by atoms with van der Waals surface area (Å²) in [6.07, 6.45) is 5.62. The Morgan fingerprint density at radius 1 is 1.11 bits per heavy atom. The minimum Gasteiger partial charge on any atom is -0.378 e. The van der Waals surface area contributed by atoms with E-state index in [9.17, 15) is 9.59 Å². The first-order valence-corrected chi connectivity index (χ1v) is 10.0. The van der Waals surface area contributed by atoms with Crippen LogP contribution in [-0.4, -0.2) is 61.1 Å². The van der Waals surface area contributed by atoms with Gasteiger partial charge in [0, 0.05) is 44.8 Å². The number of hydrogen-bond acceptors (Lipinski definition) is 5. The maximum absolute atomic E-state index is 12.5. The third-order valence-electron chi connectivity index (χ3n) is 5.64. The molecule has 0 unspecified atom stereocenters. The first-order chi connectivity index (χ1) is 13.2. The number of carbonyl (C=O) groups excluding carboxylic acids is 2. The number of piperidine rings is 1. The number of anilines is 1. The molecule has 3 heterocycles. The van der Waals surface area contributed by atoms with Gasteiger partial charge in [0.2, 0.25) is 11.8 Å². The molecule has 27 heavy (non-hydrogen) atoms. The van der Waals surface area contributed by atoms with Crippen LogP contribution in [0.5, 0.6) is 0 Å². The summed E-state index contributed by atoms with van der Waals surface area (Å²) >= 11 is 0. The lowest BCUT2D eigenvalue weighted by atomic mass is 9.96. The first-order valence-electron chi connectivity index (χ1n) is 10.0. The molecule has 1 aromatic rings. The second kappa shape index (κ2) is 8.25. The van der Waals surface area contributed by atoms with Crippen molar-refractivity contribution in [1.82, 2.24) is 15.2 Å². The normalized spacial score (nSPS) is 23.2. The zero-order chi connectivity index (χ0) is 18.6. The lowest BCUT2D eigenvalue weighted by Gasteiger charge is -2.32. The van der Waals surface area contributed by atoms with E-state index in [2.05, 4.69) is 15.2 Å². The number of morpholine rings is 1. The first kappa shape index (κ1) is 18.2. The molecule has 4 rings (SSSR count). The van der Waals surface area contributed by atoms with E-state index in [0.29, 0.717) is 13.1 Å². The Kier molecular flexibility index (Phi) is 5.57. The number of nitrogens with one attached hydrogen (secondary N) is 1. The van der Waals surface area contributed by atoms with Crippen molar-refractivity contribution in [3.8, 4) is 0 Å². The van der Waals surface area contributed by atoms with Crippen LogP contribution in [0.2, 0.25) is 0 Å². The van der Waals surface area contributed by atoms with Crippen LogP contribution in [0, 0.1) is 11.8 Å². The quantitative estimate of drug-likeness (QED) is 0.840. The van der Waals surface area contributed by atoms with Gasteiger partial charge in [-0.05, 0) is 37.3 Å². The smallest absolute Gasteiger partial charge is 0.225 e. The Labute approximate surface area is 160 Å². The van der Waals surface area contributed by atoms with E-state index >= 15 is 0 Å². The summed E-state index contributed by atoms with van der Waals surface area (Å²) in [5.74, 6) is 1.37. The Hall–Kier alpha value is -2.15. The zero-order valence-electron chi connectivity index (χ0n) is 15.7. The predicted molar refractivity (Wildman–Crippen MR) is 101 cm³/mol. The molecule has 2 aliphatic heterocycles. The molecule has 0 radical (unpaired) electrons. The van der Waals surface area contributed by atoms with Crippen LogP contribution in [0.4, 0.5) is 5.82 Å². The van der Waals surface area contributed by atoms with Crippen molar-refractivity contribution >= 4 is 17.6 Å². The van der Waals surface area contributed by atoms with Crippen molar-refractivity contribution in [2.45, 2.75) is 32.2 Å². The van der Waals surface area contributed by atoms with E-state index in [-0.39, 0.29) is 23.7 Å². The molecular formula is C20H28N4O3. The lowest BCUT2D eigenvalue weighted by molar-refractivity contribution is -0.136. The van der Waals surface area contributed by atoms with Crippen molar-refractivity contribution < 1.29 is 14.3 Å². The van der Waals surface area contributed by atoms with Crippen LogP contribution in [0.1, 0.15) is 31.2 Å². The number of aromatic nitrogens is 1. The number of amides is 2. The van der Waals surface area contributed by atoms with Crippen LogP contribution in [0.15, 0.2) is 18.3 Å². The van der Waals surface area contributed by atoms with Crippen molar-refractivity contribution in [3.05, 3.63) is 23.9 Å². The number of carbonyl (C=O) groups is 2. The molecular weight excluding hydrogens is 344 g/mol. The van der Waals surface area contributed by atoms with Gasteiger partial charge in [-0.15, -0.1) is 0 Å². The van der Waals surface area contributed by atoms with Crippen LogP contribution < -0.4 is 10.2 Å². The molecule has 1 saturated carbocycles. The molecule has 7 nitrogen and oxygen atoms in total. The lowest BCUT2D eigenvalue weighted by Crippen LogP contribution is -2.45.